The highest BCUT2D eigenvalue weighted by molar-refractivity contribution is 7.89. The summed E-state index contributed by atoms with van der Waals surface area (Å²) in [5.74, 6) is 0.419. The molecule has 0 saturated carbocycles. The molecule has 1 saturated heterocycles. The van der Waals surface area contributed by atoms with Crippen molar-refractivity contribution in [1.29, 1.82) is 0 Å². The summed E-state index contributed by atoms with van der Waals surface area (Å²) in [7, 11) is -3.16. The van der Waals surface area contributed by atoms with Gasteiger partial charge in [0.15, 0.2) is 0 Å². The lowest BCUT2D eigenvalue weighted by molar-refractivity contribution is 0.385. The number of nitrogens with zero attached hydrogens (tertiary/aromatic N) is 4. The molecule has 1 aromatic heterocycles. The number of hydrogen-bond acceptors (Lipinski definition) is 5. The predicted molar refractivity (Wildman–Crippen MR) is 82.7 cm³/mol. The third-order valence-corrected chi connectivity index (χ3v) is 5.75. The van der Waals surface area contributed by atoms with Crippen molar-refractivity contribution in [3.63, 3.8) is 0 Å². The van der Waals surface area contributed by atoms with Crippen LogP contribution < -0.4 is 4.90 Å². The van der Waals surface area contributed by atoms with Crippen LogP contribution in [0.15, 0.2) is 24.5 Å². The smallest absolute Gasteiger partial charge is 0.213 e. The van der Waals surface area contributed by atoms with E-state index in [0.29, 0.717) is 42.9 Å². The maximum Gasteiger partial charge on any atom is 0.213 e. The normalized spacial score (nSPS) is 17.1. The predicted octanol–water partition coefficient (Wildman–Crippen LogP) is 1.24. The van der Waals surface area contributed by atoms with Gasteiger partial charge in [0.1, 0.15) is 18.0 Å². The lowest BCUT2D eigenvalue weighted by atomic mass is 10.2. The van der Waals surface area contributed by atoms with Crippen LogP contribution in [-0.2, 0) is 10.0 Å². The van der Waals surface area contributed by atoms with Gasteiger partial charge in [-0.1, -0.05) is 0 Å². The van der Waals surface area contributed by atoms with Crippen LogP contribution in [0.5, 0.6) is 0 Å². The third-order valence-electron chi connectivity index (χ3n) is 3.87. The van der Waals surface area contributed by atoms with E-state index in [4.69, 9.17) is 0 Å². The summed E-state index contributed by atoms with van der Waals surface area (Å²) in [6, 6.07) is 4.40. The SMILES string of the molecule is CCS(=O)(=O)N1CCN(c2ncnc3ccc(F)cc23)CC1. The van der Waals surface area contributed by atoms with Crippen LogP contribution in [-0.4, -0.2) is 54.6 Å². The largest absolute Gasteiger partial charge is 0.353 e. The molecule has 2 heterocycles. The molecule has 1 aliphatic heterocycles. The Morgan fingerprint density at radius 3 is 2.59 bits per heavy atom. The zero-order valence-electron chi connectivity index (χ0n) is 12.2. The molecule has 1 aliphatic rings. The molecular formula is C14H17FN4O2S. The first kappa shape index (κ1) is 15.1. The summed E-state index contributed by atoms with van der Waals surface area (Å²) >= 11 is 0. The van der Waals surface area contributed by atoms with Crippen molar-refractivity contribution in [2.75, 3.05) is 36.8 Å². The minimum atomic E-state index is -3.16. The molecule has 1 aromatic carbocycles. The van der Waals surface area contributed by atoms with Crippen molar-refractivity contribution in [3.8, 4) is 0 Å². The van der Waals surface area contributed by atoms with Gasteiger partial charge in [-0.05, 0) is 25.1 Å². The first-order valence-corrected chi connectivity index (χ1v) is 8.75. The number of halogens is 1. The molecule has 0 aliphatic carbocycles. The lowest BCUT2D eigenvalue weighted by Gasteiger charge is -2.34. The highest BCUT2D eigenvalue weighted by atomic mass is 32.2. The van der Waals surface area contributed by atoms with Gasteiger partial charge in [-0.15, -0.1) is 0 Å². The minimum Gasteiger partial charge on any atom is -0.353 e. The molecule has 8 heteroatoms. The molecule has 6 nitrogen and oxygen atoms in total. The molecule has 0 spiro atoms. The molecule has 0 radical (unpaired) electrons. The van der Waals surface area contributed by atoms with Crippen LogP contribution in [0, 0.1) is 5.82 Å². The zero-order chi connectivity index (χ0) is 15.7. The van der Waals surface area contributed by atoms with E-state index >= 15 is 0 Å². The Hall–Kier alpha value is -1.80. The number of anilines is 1. The minimum absolute atomic E-state index is 0.106. The lowest BCUT2D eigenvalue weighted by Crippen LogP contribution is -2.49. The van der Waals surface area contributed by atoms with Gasteiger partial charge < -0.3 is 4.90 Å². The van der Waals surface area contributed by atoms with Gasteiger partial charge in [0, 0.05) is 31.6 Å². The van der Waals surface area contributed by atoms with Gasteiger partial charge in [0.25, 0.3) is 0 Å². The Bertz CT molecular complexity index is 789. The number of fused-ring (bicyclic) bond motifs is 1. The number of aromatic nitrogens is 2. The van der Waals surface area contributed by atoms with E-state index in [9.17, 15) is 12.8 Å². The molecule has 118 valence electrons. The average Bonchev–Trinajstić information content (AvgIpc) is 2.54. The van der Waals surface area contributed by atoms with E-state index in [2.05, 4.69) is 9.97 Å². The monoisotopic (exact) mass is 324 g/mol. The zero-order valence-corrected chi connectivity index (χ0v) is 13.1. The first-order chi connectivity index (χ1) is 10.5. The van der Waals surface area contributed by atoms with Crippen LogP contribution in [0.25, 0.3) is 10.9 Å². The van der Waals surface area contributed by atoms with Gasteiger partial charge in [-0.2, -0.15) is 4.31 Å². The van der Waals surface area contributed by atoms with Gasteiger partial charge >= 0.3 is 0 Å². The average molecular weight is 324 g/mol. The van der Waals surface area contributed by atoms with E-state index in [1.54, 1.807) is 13.0 Å². The topological polar surface area (TPSA) is 66.4 Å². The van der Waals surface area contributed by atoms with Crippen molar-refractivity contribution in [2.45, 2.75) is 6.92 Å². The third kappa shape index (κ3) is 2.76. The summed E-state index contributed by atoms with van der Waals surface area (Å²) in [5, 5.41) is 0.647. The quantitative estimate of drug-likeness (QED) is 0.850. The summed E-state index contributed by atoms with van der Waals surface area (Å²) in [5.41, 5.74) is 0.676. The van der Waals surface area contributed by atoms with Gasteiger partial charge in [-0.3, -0.25) is 0 Å². The van der Waals surface area contributed by atoms with Crippen molar-refractivity contribution < 1.29 is 12.8 Å². The molecule has 1 fully saturated rings. The number of piperazine rings is 1. The fourth-order valence-corrected chi connectivity index (χ4v) is 3.71. The van der Waals surface area contributed by atoms with Crippen LogP contribution in [0.4, 0.5) is 10.2 Å². The molecule has 22 heavy (non-hydrogen) atoms. The fraction of sp³-hybridized carbons (Fsp3) is 0.429. The molecule has 0 amide bonds. The van der Waals surface area contributed by atoms with Gasteiger partial charge in [0.2, 0.25) is 10.0 Å². The van der Waals surface area contributed by atoms with Gasteiger partial charge in [0.05, 0.1) is 11.3 Å². The summed E-state index contributed by atoms with van der Waals surface area (Å²) < 4.78 is 38.8. The van der Waals surface area contributed by atoms with E-state index in [0.717, 1.165) is 0 Å². The van der Waals surface area contributed by atoms with Crippen molar-refractivity contribution in [3.05, 3.63) is 30.3 Å². The first-order valence-electron chi connectivity index (χ1n) is 7.14. The Kier molecular flexibility index (Phi) is 3.96. The Labute approximate surface area is 128 Å². The van der Waals surface area contributed by atoms with Crippen LogP contribution in [0.1, 0.15) is 6.92 Å². The van der Waals surface area contributed by atoms with Crippen LogP contribution in [0.3, 0.4) is 0 Å². The second kappa shape index (κ2) is 5.77. The Balaban J connectivity index is 1.87. The van der Waals surface area contributed by atoms with Crippen molar-refractivity contribution in [2.24, 2.45) is 0 Å². The molecule has 0 unspecified atom stereocenters. The van der Waals surface area contributed by atoms with Crippen LogP contribution in [0.2, 0.25) is 0 Å². The summed E-state index contributed by atoms with van der Waals surface area (Å²) in [6.07, 6.45) is 1.45. The number of benzene rings is 1. The van der Waals surface area contributed by atoms with E-state index in [1.807, 2.05) is 4.90 Å². The number of rotatable bonds is 3. The van der Waals surface area contributed by atoms with Gasteiger partial charge in [-0.25, -0.2) is 22.8 Å². The Morgan fingerprint density at radius 2 is 1.91 bits per heavy atom. The molecular weight excluding hydrogens is 307 g/mol. The summed E-state index contributed by atoms with van der Waals surface area (Å²) in [4.78, 5) is 10.4. The van der Waals surface area contributed by atoms with Crippen LogP contribution >= 0.6 is 0 Å². The Morgan fingerprint density at radius 1 is 1.18 bits per heavy atom. The molecule has 0 bridgehead atoms. The number of sulfonamides is 1. The summed E-state index contributed by atoms with van der Waals surface area (Å²) in [6.45, 7) is 3.53. The fourth-order valence-electron chi connectivity index (χ4n) is 2.63. The van der Waals surface area contributed by atoms with Crippen molar-refractivity contribution in [1.82, 2.24) is 14.3 Å². The van der Waals surface area contributed by atoms with E-state index in [-0.39, 0.29) is 11.6 Å². The highest BCUT2D eigenvalue weighted by Crippen LogP contribution is 2.25. The second-order valence-electron chi connectivity index (χ2n) is 5.15. The van der Waals surface area contributed by atoms with E-state index in [1.165, 1.54) is 22.8 Å². The molecule has 0 atom stereocenters. The molecule has 0 N–H and O–H groups in total. The van der Waals surface area contributed by atoms with E-state index < -0.39 is 10.0 Å². The second-order valence-corrected chi connectivity index (χ2v) is 7.40. The number of hydrogen-bond donors (Lipinski definition) is 0. The standard InChI is InChI=1S/C14H17FN4O2S/c1-2-22(20,21)19-7-5-18(6-8-19)14-12-9-11(15)3-4-13(12)16-10-17-14/h3-4,9-10H,2,5-8H2,1H3. The maximum atomic E-state index is 13.5. The molecule has 3 rings (SSSR count). The van der Waals surface area contributed by atoms with Crippen molar-refractivity contribution >= 4 is 26.7 Å². The highest BCUT2D eigenvalue weighted by Gasteiger charge is 2.26. The maximum absolute atomic E-state index is 13.5. The molecule has 2 aromatic rings.